The normalized spacial score (nSPS) is 11.0. The lowest BCUT2D eigenvalue weighted by Crippen LogP contribution is -2.11. The monoisotopic (exact) mass is 255 g/mol. The fourth-order valence-electron chi connectivity index (χ4n) is 1.14. The number of aromatic nitrogens is 4. The van der Waals surface area contributed by atoms with Crippen molar-refractivity contribution in [2.75, 3.05) is 13.6 Å². The van der Waals surface area contributed by atoms with Crippen LogP contribution in [-0.2, 0) is 6.42 Å². The Morgan fingerprint density at radius 3 is 3.21 bits per heavy atom. The minimum Gasteiger partial charge on any atom is -0.319 e. The largest absolute Gasteiger partial charge is 0.319 e. The molecular formula is C8H10BrN5. The standard InChI is InChI=1S/C8H10BrN5/c1-10-3-2-7-12-8-11-4-6(9)5-14(8)13-7/h4-5,10H,2-3H2,1H3. The van der Waals surface area contributed by atoms with Crippen molar-refractivity contribution in [3.8, 4) is 0 Å². The molecule has 14 heavy (non-hydrogen) atoms. The summed E-state index contributed by atoms with van der Waals surface area (Å²) in [5.41, 5.74) is 0. The number of fused-ring (bicyclic) bond motifs is 1. The van der Waals surface area contributed by atoms with E-state index < -0.39 is 0 Å². The molecule has 0 atom stereocenters. The zero-order chi connectivity index (χ0) is 9.97. The summed E-state index contributed by atoms with van der Waals surface area (Å²) in [6.45, 7) is 0.873. The first-order chi connectivity index (χ1) is 6.79. The average Bonchev–Trinajstić information content (AvgIpc) is 2.56. The van der Waals surface area contributed by atoms with Gasteiger partial charge >= 0.3 is 0 Å². The third-order valence-corrected chi connectivity index (χ3v) is 2.21. The van der Waals surface area contributed by atoms with E-state index in [0.717, 1.165) is 23.3 Å². The highest BCUT2D eigenvalue weighted by Crippen LogP contribution is 2.07. The van der Waals surface area contributed by atoms with Gasteiger partial charge in [0.2, 0.25) is 0 Å². The highest BCUT2D eigenvalue weighted by Gasteiger charge is 2.03. The first kappa shape index (κ1) is 9.54. The van der Waals surface area contributed by atoms with E-state index in [-0.39, 0.29) is 0 Å². The van der Waals surface area contributed by atoms with Crippen LogP contribution < -0.4 is 5.32 Å². The first-order valence-corrected chi connectivity index (χ1v) is 5.10. The van der Waals surface area contributed by atoms with Crippen LogP contribution in [0.2, 0.25) is 0 Å². The zero-order valence-corrected chi connectivity index (χ0v) is 9.32. The number of hydrogen-bond donors (Lipinski definition) is 1. The zero-order valence-electron chi connectivity index (χ0n) is 7.74. The number of nitrogens with zero attached hydrogens (tertiary/aromatic N) is 4. The van der Waals surface area contributed by atoms with Crippen molar-refractivity contribution < 1.29 is 0 Å². The van der Waals surface area contributed by atoms with Gasteiger partial charge in [-0.15, -0.1) is 5.10 Å². The van der Waals surface area contributed by atoms with Gasteiger partial charge in [0.05, 0.1) is 4.47 Å². The van der Waals surface area contributed by atoms with Crippen molar-refractivity contribution in [1.29, 1.82) is 0 Å². The molecule has 0 aromatic carbocycles. The van der Waals surface area contributed by atoms with Crippen molar-refractivity contribution in [2.45, 2.75) is 6.42 Å². The molecule has 2 aromatic heterocycles. The fourth-order valence-corrected chi connectivity index (χ4v) is 1.44. The molecule has 0 aliphatic rings. The van der Waals surface area contributed by atoms with Crippen LogP contribution in [0.5, 0.6) is 0 Å². The molecule has 2 aromatic rings. The maximum atomic E-state index is 4.28. The van der Waals surface area contributed by atoms with E-state index in [4.69, 9.17) is 0 Å². The molecule has 0 radical (unpaired) electrons. The number of hydrogen-bond acceptors (Lipinski definition) is 4. The van der Waals surface area contributed by atoms with E-state index >= 15 is 0 Å². The van der Waals surface area contributed by atoms with E-state index in [9.17, 15) is 0 Å². The molecule has 5 nitrogen and oxygen atoms in total. The Morgan fingerprint density at radius 2 is 2.43 bits per heavy atom. The van der Waals surface area contributed by atoms with Gasteiger partial charge in [-0.3, -0.25) is 0 Å². The predicted octanol–water partition coefficient (Wildman–Crippen LogP) is 0.649. The summed E-state index contributed by atoms with van der Waals surface area (Å²) in [6, 6.07) is 0. The summed E-state index contributed by atoms with van der Waals surface area (Å²) >= 11 is 3.33. The van der Waals surface area contributed by atoms with E-state index in [0.29, 0.717) is 5.78 Å². The van der Waals surface area contributed by atoms with Gasteiger partial charge in [-0.1, -0.05) is 0 Å². The van der Waals surface area contributed by atoms with Gasteiger partial charge < -0.3 is 5.32 Å². The second kappa shape index (κ2) is 4.02. The molecule has 0 amide bonds. The van der Waals surface area contributed by atoms with Gasteiger partial charge in [0.1, 0.15) is 0 Å². The topological polar surface area (TPSA) is 55.1 Å². The van der Waals surface area contributed by atoms with Crippen LogP contribution >= 0.6 is 15.9 Å². The van der Waals surface area contributed by atoms with E-state index in [1.54, 1.807) is 10.7 Å². The molecule has 1 N–H and O–H groups in total. The van der Waals surface area contributed by atoms with E-state index in [1.165, 1.54) is 0 Å². The number of rotatable bonds is 3. The molecule has 6 heteroatoms. The second-order valence-electron chi connectivity index (χ2n) is 2.90. The Bertz CT molecular complexity index is 438. The van der Waals surface area contributed by atoms with Gasteiger partial charge in [-0.25, -0.2) is 9.50 Å². The smallest absolute Gasteiger partial charge is 0.252 e. The van der Waals surface area contributed by atoms with Crippen LogP contribution in [0.15, 0.2) is 16.9 Å². The van der Waals surface area contributed by atoms with Gasteiger partial charge in [-0.05, 0) is 23.0 Å². The minimum absolute atomic E-state index is 0.638. The van der Waals surface area contributed by atoms with Crippen molar-refractivity contribution in [1.82, 2.24) is 24.9 Å². The number of likely N-dealkylation sites (N-methyl/N-ethyl adjacent to an activating group) is 1. The van der Waals surface area contributed by atoms with Crippen molar-refractivity contribution in [2.24, 2.45) is 0 Å². The van der Waals surface area contributed by atoms with Crippen LogP contribution in [0.3, 0.4) is 0 Å². The molecule has 0 saturated carbocycles. The number of nitrogens with one attached hydrogen (secondary N) is 1. The molecular weight excluding hydrogens is 246 g/mol. The van der Waals surface area contributed by atoms with Gasteiger partial charge in [0, 0.05) is 25.4 Å². The predicted molar refractivity (Wildman–Crippen MR) is 56.1 cm³/mol. The molecule has 2 rings (SSSR count). The Labute approximate surface area is 89.7 Å². The van der Waals surface area contributed by atoms with Crippen molar-refractivity contribution >= 4 is 21.7 Å². The highest BCUT2D eigenvalue weighted by atomic mass is 79.9. The Kier molecular flexibility index (Phi) is 2.74. The van der Waals surface area contributed by atoms with Crippen molar-refractivity contribution in [3.05, 3.63) is 22.7 Å². The maximum absolute atomic E-state index is 4.28. The molecule has 0 bridgehead atoms. The summed E-state index contributed by atoms with van der Waals surface area (Å²) in [4.78, 5) is 8.40. The quantitative estimate of drug-likeness (QED) is 0.876. The van der Waals surface area contributed by atoms with Crippen LogP contribution in [0.25, 0.3) is 5.78 Å². The third-order valence-electron chi connectivity index (χ3n) is 1.80. The van der Waals surface area contributed by atoms with E-state index in [2.05, 4.69) is 36.3 Å². The minimum atomic E-state index is 0.638. The molecule has 0 fully saturated rings. The molecule has 0 unspecified atom stereocenters. The summed E-state index contributed by atoms with van der Waals surface area (Å²) in [5, 5.41) is 7.34. The van der Waals surface area contributed by atoms with Crippen LogP contribution in [0.4, 0.5) is 0 Å². The molecule has 74 valence electrons. The molecule has 0 spiro atoms. The van der Waals surface area contributed by atoms with Gasteiger partial charge in [0.25, 0.3) is 5.78 Å². The van der Waals surface area contributed by atoms with E-state index in [1.807, 2.05) is 13.2 Å². The number of halogens is 1. The Morgan fingerprint density at radius 1 is 1.57 bits per heavy atom. The summed E-state index contributed by atoms with van der Waals surface area (Å²) in [5.74, 6) is 1.45. The maximum Gasteiger partial charge on any atom is 0.252 e. The summed E-state index contributed by atoms with van der Waals surface area (Å²) < 4.78 is 2.57. The lowest BCUT2D eigenvalue weighted by atomic mass is 10.4. The lowest BCUT2D eigenvalue weighted by molar-refractivity contribution is 0.751. The Balaban J connectivity index is 2.32. The van der Waals surface area contributed by atoms with Crippen LogP contribution in [0, 0.1) is 0 Å². The summed E-state index contributed by atoms with van der Waals surface area (Å²) in [7, 11) is 1.91. The van der Waals surface area contributed by atoms with Crippen molar-refractivity contribution in [3.63, 3.8) is 0 Å². The average molecular weight is 256 g/mol. The second-order valence-corrected chi connectivity index (χ2v) is 3.81. The lowest BCUT2D eigenvalue weighted by Gasteiger charge is -1.91. The van der Waals surface area contributed by atoms with Gasteiger partial charge in [0.15, 0.2) is 5.82 Å². The fraction of sp³-hybridized carbons (Fsp3) is 0.375. The molecule has 2 heterocycles. The molecule has 0 aliphatic carbocycles. The van der Waals surface area contributed by atoms with Crippen LogP contribution in [0.1, 0.15) is 5.82 Å². The molecule has 0 saturated heterocycles. The SMILES string of the molecule is CNCCc1nc2ncc(Br)cn2n1. The van der Waals surface area contributed by atoms with Gasteiger partial charge in [-0.2, -0.15) is 4.98 Å². The first-order valence-electron chi connectivity index (χ1n) is 4.31. The molecule has 0 aliphatic heterocycles. The van der Waals surface area contributed by atoms with Crippen LogP contribution in [-0.4, -0.2) is 33.2 Å². The Hall–Kier alpha value is -1.01. The summed E-state index contributed by atoms with van der Waals surface area (Å²) in [6.07, 6.45) is 4.38. The highest BCUT2D eigenvalue weighted by molar-refractivity contribution is 9.10. The third kappa shape index (κ3) is 1.91.